The van der Waals surface area contributed by atoms with E-state index in [2.05, 4.69) is 49.0 Å². The van der Waals surface area contributed by atoms with Crippen LogP contribution in [0.25, 0.3) is 0 Å². The number of unbranched alkanes of at least 4 members (excludes halogenated alkanes) is 20. The van der Waals surface area contributed by atoms with Crippen LogP contribution in [0.5, 0.6) is 0 Å². The monoisotopic (exact) mass is 458 g/mol. The van der Waals surface area contributed by atoms with Crippen LogP contribution in [0.15, 0.2) is 30.6 Å². The van der Waals surface area contributed by atoms with Crippen molar-refractivity contribution >= 4 is 0 Å². The Balaban J connectivity index is 1.98. The van der Waals surface area contributed by atoms with Crippen LogP contribution in [0.4, 0.5) is 0 Å². The normalized spacial score (nSPS) is 12.3. The minimum atomic E-state index is 0.712. The third kappa shape index (κ3) is 19.2. The van der Waals surface area contributed by atoms with Gasteiger partial charge in [-0.05, 0) is 12.8 Å². The predicted octanol–water partition coefficient (Wildman–Crippen LogP) is 10.9. The van der Waals surface area contributed by atoms with Crippen LogP contribution in [-0.2, 0) is 0 Å². The summed E-state index contributed by atoms with van der Waals surface area (Å²) in [7, 11) is 0. The van der Waals surface area contributed by atoms with Gasteiger partial charge in [0.05, 0.1) is 0 Å². The Hall–Kier alpha value is -0.850. The zero-order valence-corrected chi connectivity index (χ0v) is 22.9. The summed E-state index contributed by atoms with van der Waals surface area (Å²) in [4.78, 5) is 0. The summed E-state index contributed by atoms with van der Waals surface area (Å²) < 4.78 is 2.48. The van der Waals surface area contributed by atoms with Crippen LogP contribution in [0.1, 0.15) is 174 Å². The first-order valence-corrected chi connectivity index (χ1v) is 15.3. The van der Waals surface area contributed by atoms with Crippen molar-refractivity contribution in [3.63, 3.8) is 0 Å². The molecule has 0 aliphatic rings. The molecule has 1 aromatic rings. The Morgan fingerprint density at radius 2 is 0.697 bits per heavy atom. The fraction of sp³-hybridized carbons (Fsp3) is 0.844. The van der Waals surface area contributed by atoms with Gasteiger partial charge in [-0.25, -0.2) is 4.57 Å². The van der Waals surface area contributed by atoms with Gasteiger partial charge in [0.2, 0.25) is 0 Å². The molecule has 0 aromatic carbocycles. The van der Waals surface area contributed by atoms with Crippen molar-refractivity contribution < 1.29 is 4.57 Å². The molecule has 0 saturated carbocycles. The van der Waals surface area contributed by atoms with E-state index >= 15 is 0 Å². The van der Waals surface area contributed by atoms with Crippen LogP contribution in [0.3, 0.4) is 0 Å². The Morgan fingerprint density at radius 1 is 0.394 bits per heavy atom. The summed E-state index contributed by atoms with van der Waals surface area (Å²) in [5.74, 6) is 0. The van der Waals surface area contributed by atoms with Crippen molar-refractivity contribution in [3.8, 4) is 0 Å². The maximum atomic E-state index is 2.48. The lowest BCUT2D eigenvalue weighted by molar-refractivity contribution is -0.724. The molecule has 0 radical (unpaired) electrons. The Labute approximate surface area is 209 Å². The fourth-order valence-electron chi connectivity index (χ4n) is 5.19. The van der Waals surface area contributed by atoms with Gasteiger partial charge in [0.15, 0.2) is 18.4 Å². The van der Waals surface area contributed by atoms with E-state index in [0.29, 0.717) is 6.04 Å². The van der Waals surface area contributed by atoms with Gasteiger partial charge in [-0.3, -0.25) is 0 Å². The maximum Gasteiger partial charge on any atom is 0.169 e. The van der Waals surface area contributed by atoms with E-state index in [1.54, 1.807) is 0 Å². The number of nitrogens with zero attached hydrogens (tertiary/aromatic N) is 1. The smallest absolute Gasteiger partial charge is 0.169 e. The highest BCUT2D eigenvalue weighted by Gasteiger charge is 2.16. The molecule has 1 atom stereocenters. The molecule has 1 nitrogen and oxygen atoms in total. The zero-order valence-electron chi connectivity index (χ0n) is 22.9. The largest absolute Gasteiger partial charge is 0.202 e. The molecule has 0 saturated heterocycles. The maximum absolute atomic E-state index is 2.48. The van der Waals surface area contributed by atoms with Gasteiger partial charge in [0.25, 0.3) is 0 Å². The average Bonchev–Trinajstić information content (AvgIpc) is 2.85. The topological polar surface area (TPSA) is 3.88 Å². The van der Waals surface area contributed by atoms with Crippen molar-refractivity contribution in [2.75, 3.05) is 0 Å². The van der Waals surface area contributed by atoms with Gasteiger partial charge in [-0.15, -0.1) is 0 Å². The van der Waals surface area contributed by atoms with E-state index in [4.69, 9.17) is 0 Å². The van der Waals surface area contributed by atoms with E-state index in [-0.39, 0.29) is 0 Å². The van der Waals surface area contributed by atoms with E-state index in [1.165, 1.54) is 154 Å². The molecule has 192 valence electrons. The number of hydrogen-bond acceptors (Lipinski definition) is 0. The van der Waals surface area contributed by atoms with Crippen molar-refractivity contribution in [1.29, 1.82) is 0 Å². The fourth-order valence-corrected chi connectivity index (χ4v) is 5.19. The van der Waals surface area contributed by atoms with Gasteiger partial charge >= 0.3 is 0 Å². The van der Waals surface area contributed by atoms with Crippen LogP contribution in [0, 0.1) is 0 Å². The van der Waals surface area contributed by atoms with Crippen LogP contribution >= 0.6 is 0 Å². The number of rotatable bonds is 25. The van der Waals surface area contributed by atoms with Crippen molar-refractivity contribution in [2.24, 2.45) is 0 Å². The summed E-state index contributed by atoms with van der Waals surface area (Å²) >= 11 is 0. The van der Waals surface area contributed by atoms with E-state index < -0.39 is 0 Å². The lowest BCUT2D eigenvalue weighted by atomic mass is 9.99. The van der Waals surface area contributed by atoms with E-state index in [0.717, 1.165) is 0 Å². The predicted molar refractivity (Wildman–Crippen MR) is 148 cm³/mol. The number of pyridine rings is 1. The molecule has 0 aliphatic heterocycles. The zero-order chi connectivity index (χ0) is 23.7. The molecular formula is C32H60N+. The van der Waals surface area contributed by atoms with Gasteiger partial charge in [-0.2, -0.15) is 0 Å². The van der Waals surface area contributed by atoms with Crippen molar-refractivity contribution in [2.45, 2.75) is 174 Å². The molecule has 0 N–H and O–H groups in total. The highest BCUT2D eigenvalue weighted by atomic mass is 15.0. The van der Waals surface area contributed by atoms with Gasteiger partial charge in [0.1, 0.15) is 0 Å². The Morgan fingerprint density at radius 3 is 1.03 bits per heavy atom. The number of hydrogen-bond donors (Lipinski definition) is 0. The van der Waals surface area contributed by atoms with Gasteiger partial charge in [-0.1, -0.05) is 148 Å². The molecule has 1 heterocycles. The minimum absolute atomic E-state index is 0.712. The third-order valence-electron chi connectivity index (χ3n) is 7.44. The molecule has 1 aromatic heterocycles. The van der Waals surface area contributed by atoms with Crippen LogP contribution < -0.4 is 4.57 Å². The first-order chi connectivity index (χ1) is 16.4. The van der Waals surface area contributed by atoms with Crippen LogP contribution in [0.2, 0.25) is 0 Å². The molecular weight excluding hydrogens is 398 g/mol. The first kappa shape index (κ1) is 30.2. The molecule has 1 unspecified atom stereocenters. The van der Waals surface area contributed by atoms with Crippen molar-refractivity contribution in [1.82, 2.24) is 0 Å². The molecule has 0 fully saturated rings. The second-order valence-corrected chi connectivity index (χ2v) is 10.6. The number of aromatic nitrogens is 1. The van der Waals surface area contributed by atoms with Crippen LogP contribution in [-0.4, -0.2) is 0 Å². The summed E-state index contributed by atoms with van der Waals surface area (Å²) in [6.45, 7) is 4.61. The average molecular weight is 459 g/mol. The summed E-state index contributed by atoms with van der Waals surface area (Å²) in [6, 6.07) is 7.25. The summed E-state index contributed by atoms with van der Waals surface area (Å²) in [5.41, 5.74) is 0. The molecule has 0 aliphatic carbocycles. The second-order valence-electron chi connectivity index (χ2n) is 10.6. The molecule has 1 rings (SSSR count). The highest BCUT2D eigenvalue weighted by Crippen LogP contribution is 2.20. The van der Waals surface area contributed by atoms with Gasteiger partial charge in [0, 0.05) is 25.0 Å². The molecule has 0 bridgehead atoms. The SMILES string of the molecule is CCCCCCCCCCCCCCCCCCC(CCCCCCCC)[n+]1ccccc1. The molecule has 33 heavy (non-hydrogen) atoms. The van der Waals surface area contributed by atoms with E-state index in [1.807, 2.05) is 0 Å². The van der Waals surface area contributed by atoms with E-state index in [9.17, 15) is 0 Å². The quantitative estimate of drug-likeness (QED) is 0.101. The Kier molecular flexibility index (Phi) is 22.2. The Bertz CT molecular complexity index is 483. The lowest BCUT2D eigenvalue weighted by Gasteiger charge is -2.12. The highest BCUT2D eigenvalue weighted by molar-refractivity contribution is 4.84. The second kappa shape index (κ2) is 24.3. The molecule has 0 amide bonds. The third-order valence-corrected chi connectivity index (χ3v) is 7.44. The molecule has 1 heteroatoms. The summed E-state index contributed by atoms with van der Waals surface area (Å²) in [5, 5.41) is 0. The summed E-state index contributed by atoms with van der Waals surface area (Å²) in [6.07, 6.45) is 39.0. The van der Waals surface area contributed by atoms with Crippen molar-refractivity contribution in [3.05, 3.63) is 30.6 Å². The standard InChI is InChI=1S/C32H60N/c1-3-5-7-9-11-12-13-14-15-16-17-18-19-20-22-25-29-32(33-30-26-23-27-31-33)28-24-21-10-8-6-4-2/h23,26-27,30-32H,3-22,24-25,28-29H2,1-2H3/q+1. The minimum Gasteiger partial charge on any atom is -0.202 e. The molecule has 0 spiro atoms. The lowest BCUT2D eigenvalue weighted by Crippen LogP contribution is -2.38. The first-order valence-electron chi connectivity index (χ1n) is 15.3. The van der Waals surface area contributed by atoms with Gasteiger partial charge < -0.3 is 0 Å².